The van der Waals surface area contributed by atoms with Crippen LogP contribution in [0, 0.1) is 0 Å². The van der Waals surface area contributed by atoms with E-state index < -0.39 is 275 Å². The molecule has 7 fully saturated rings. The molecule has 7 aliphatic rings. The van der Waals surface area contributed by atoms with Crippen molar-refractivity contribution in [2.24, 2.45) is 0 Å². The zero-order valence-corrected chi connectivity index (χ0v) is 48.5. The molecule has 6 saturated heterocycles. The molecule has 40 heteroatoms. The Hall–Kier alpha value is -1.29. The maximum Gasteiger partial charge on any atom is 0.472 e. The fourth-order valence-corrected chi connectivity index (χ4v) is 12.0. The summed E-state index contributed by atoms with van der Waals surface area (Å²) in [6.45, 7) is -4.36. The number of phosphoric acid groups is 1. The van der Waals surface area contributed by atoms with Gasteiger partial charge in [0, 0.05) is 0 Å². The van der Waals surface area contributed by atoms with Gasteiger partial charge < -0.3 is 179 Å². The van der Waals surface area contributed by atoms with Crippen molar-refractivity contribution < 1.29 is 193 Å². The van der Waals surface area contributed by atoms with E-state index in [1.165, 1.54) is 0 Å². The molecule has 6 heterocycles. The Morgan fingerprint density at radius 2 is 0.607 bits per heavy atom. The Morgan fingerprint density at radius 3 is 1.03 bits per heavy atom. The molecule has 6 aliphatic heterocycles. The highest BCUT2D eigenvalue weighted by atomic mass is 31.2. The van der Waals surface area contributed by atoms with Gasteiger partial charge in [-0.05, 0) is 6.42 Å². The van der Waals surface area contributed by atoms with Gasteiger partial charge in [-0.2, -0.15) is 0 Å². The minimum atomic E-state index is -5.38. The van der Waals surface area contributed by atoms with Crippen LogP contribution < -0.4 is 0 Å². The van der Waals surface area contributed by atoms with Gasteiger partial charge in [0.25, 0.3) is 0 Å². The highest BCUT2D eigenvalue weighted by Crippen LogP contribution is 2.49. The van der Waals surface area contributed by atoms with E-state index in [4.69, 9.17) is 65.9 Å². The number of phosphoric ester groups is 1. The average molecular weight is 1330 g/mol. The van der Waals surface area contributed by atoms with Crippen LogP contribution in [0.15, 0.2) is 0 Å². The maximum absolute atomic E-state index is 13.6. The lowest BCUT2D eigenvalue weighted by Gasteiger charge is -2.49. The molecule has 0 aromatic carbocycles. The molecule has 0 amide bonds. The van der Waals surface area contributed by atoms with Crippen LogP contribution in [0.25, 0.3) is 0 Å². The summed E-state index contributed by atoms with van der Waals surface area (Å²) < 4.78 is 92.1. The summed E-state index contributed by atoms with van der Waals surface area (Å²) in [6, 6.07) is 0. The van der Waals surface area contributed by atoms with Gasteiger partial charge in [-0.3, -0.25) is 9.05 Å². The normalized spacial score (nSPS) is 49.9. The van der Waals surface area contributed by atoms with Gasteiger partial charge in [0.1, 0.15) is 183 Å². The minimum absolute atomic E-state index is 0.231. The van der Waals surface area contributed by atoms with E-state index in [-0.39, 0.29) is 6.42 Å². The lowest BCUT2D eigenvalue weighted by Crippen LogP contribution is -2.69. The molecule has 0 bridgehead atoms. The van der Waals surface area contributed by atoms with Crippen LogP contribution in [0.4, 0.5) is 0 Å². The summed E-state index contributed by atoms with van der Waals surface area (Å²) in [4.78, 5) is 11.0. The van der Waals surface area contributed by atoms with E-state index in [0.29, 0.717) is 6.42 Å². The molecular weight excluding hydrogens is 1240 g/mol. The first-order valence-electron chi connectivity index (χ1n) is 28.9. The van der Waals surface area contributed by atoms with E-state index in [2.05, 4.69) is 0 Å². The molecule has 37 atom stereocenters. The monoisotopic (exact) mass is 1330 g/mol. The number of ether oxygens (including phenoxy) is 12. The summed E-state index contributed by atoms with van der Waals surface area (Å²) in [7, 11) is -5.38. The lowest BCUT2D eigenvalue weighted by atomic mass is 9.84. The number of hydrogen-bond acceptors (Lipinski definition) is 38. The summed E-state index contributed by atoms with van der Waals surface area (Å²) in [5.74, 6) is 0. The van der Waals surface area contributed by atoms with Gasteiger partial charge in [-0.25, -0.2) is 4.57 Å². The molecule has 7 rings (SSSR count). The average Bonchev–Trinajstić information content (AvgIpc) is 0.835. The molecular formula is C49H87O39P. The standard InChI is InChI=1S/C49H87O39P/c1-2-3-4-5-6-7-77-89(73,74)88-43-39(84-45-36(70)26(60)20(54)14(8-50)78-45)33(67)30(64)34(68)40(43)85-47-38(72)29(63)25(59)19(83-47)12-75-44-35(69)28(62)24(58)18(82-44)13-76-48-41(31(65)22(56)16(10-52)80-48)87-49-42(32(66)23(57)17(11-53)81-49)86-46-37(71)27(61)21(55)15(9-51)79-46/h14-72H,2-13H2,1H3,(H,73,74)/t14?,15?,16?,17?,18?,19?,20-,21-,22-,23-,24-,25-,26?,27?,28?,29?,30-,31?,32?,33?,34?,35-,36-,37-,38-,39+,40?,41-,42-,43-,44+,45-,46-,47-,48+,49-/m1/s1. The molecule has 39 nitrogen and oxygen atoms in total. The summed E-state index contributed by atoms with van der Waals surface area (Å²) in [6.07, 6.45) is -71.9. The van der Waals surface area contributed by atoms with Crippen molar-refractivity contribution >= 4 is 7.82 Å². The van der Waals surface area contributed by atoms with Gasteiger partial charge in [-0.1, -0.05) is 32.6 Å². The molecule has 522 valence electrons. The first-order chi connectivity index (χ1) is 42.1. The van der Waals surface area contributed by atoms with Gasteiger partial charge in [0.2, 0.25) is 0 Å². The predicted octanol–water partition coefficient (Wildman–Crippen LogP) is -13.8. The molecule has 24 N–H and O–H groups in total. The second-order valence-corrected chi connectivity index (χ2v) is 24.1. The fourth-order valence-electron chi connectivity index (χ4n) is 11.0. The topological polar surface area (TPSA) is 632 Å². The summed E-state index contributed by atoms with van der Waals surface area (Å²) >= 11 is 0. The molecule has 1 aliphatic carbocycles. The van der Waals surface area contributed by atoms with Crippen molar-refractivity contribution in [2.75, 3.05) is 46.2 Å². The van der Waals surface area contributed by atoms with E-state index in [9.17, 15) is 127 Å². The predicted molar refractivity (Wildman–Crippen MR) is 275 cm³/mol. The van der Waals surface area contributed by atoms with Crippen LogP contribution in [-0.2, 0) is 70.5 Å². The maximum atomic E-state index is 13.6. The lowest BCUT2D eigenvalue weighted by molar-refractivity contribution is -0.396. The van der Waals surface area contributed by atoms with Crippen LogP contribution in [0.5, 0.6) is 0 Å². The third-order valence-electron chi connectivity index (χ3n) is 16.5. The quantitative estimate of drug-likeness (QED) is 0.0268. The highest BCUT2D eigenvalue weighted by molar-refractivity contribution is 7.47. The van der Waals surface area contributed by atoms with Gasteiger partial charge >= 0.3 is 7.82 Å². The molecule has 89 heavy (non-hydrogen) atoms. The molecule has 16 unspecified atom stereocenters. The second-order valence-electron chi connectivity index (χ2n) is 22.7. The highest BCUT2D eigenvalue weighted by Gasteiger charge is 2.60. The van der Waals surface area contributed by atoms with Crippen LogP contribution in [0.2, 0.25) is 0 Å². The van der Waals surface area contributed by atoms with Gasteiger partial charge in [-0.15, -0.1) is 0 Å². The molecule has 1 saturated carbocycles. The summed E-state index contributed by atoms with van der Waals surface area (Å²) in [5, 5.41) is 247. The van der Waals surface area contributed by atoms with E-state index in [1.54, 1.807) is 0 Å². The van der Waals surface area contributed by atoms with Crippen molar-refractivity contribution in [3.8, 4) is 0 Å². The first-order valence-corrected chi connectivity index (χ1v) is 30.4. The van der Waals surface area contributed by atoms with Crippen LogP contribution in [0.1, 0.15) is 39.0 Å². The van der Waals surface area contributed by atoms with Crippen molar-refractivity contribution in [3.05, 3.63) is 0 Å². The Labute approximate surface area is 505 Å². The van der Waals surface area contributed by atoms with Crippen molar-refractivity contribution in [1.82, 2.24) is 0 Å². The Morgan fingerprint density at radius 1 is 0.315 bits per heavy atom. The number of aliphatic hydroxyl groups excluding tert-OH is 23. The number of hydrogen-bond donors (Lipinski definition) is 24. The van der Waals surface area contributed by atoms with Gasteiger partial charge in [0.15, 0.2) is 37.7 Å². The van der Waals surface area contributed by atoms with Crippen LogP contribution in [0.3, 0.4) is 0 Å². The summed E-state index contributed by atoms with van der Waals surface area (Å²) in [5.41, 5.74) is 0. The zero-order valence-electron chi connectivity index (χ0n) is 47.6. The van der Waals surface area contributed by atoms with Crippen molar-refractivity contribution in [2.45, 2.75) is 260 Å². The third kappa shape index (κ3) is 17.1. The zero-order chi connectivity index (χ0) is 65.7. The Bertz CT molecular complexity index is 2150. The smallest absolute Gasteiger partial charge is 0.394 e. The SMILES string of the molecule is CCCCCCCOP(=O)(O)O[C@H]1C(O[C@H]2OC(CO[C@H]3OC(CO[C@H]4OC(CO)[C@@H](O)C(O)[C@H]4O[C@H]4OC(CO)[C@@H](O)C(O)[C@H]4O[C@H]4OC(CO)[C@@H](O)C(O)[C@H]4O)[C@@H](O)C(O)[C@H]3O)[C@@H](O)C(O)[C@H]2O)C(O)[C@H](O)C(O)[C@@H]1O[C@H]1OC(CO)[C@@H](O)C(O)[C@H]1O. The fraction of sp³-hybridized carbons (Fsp3) is 1.00. The van der Waals surface area contributed by atoms with E-state index >= 15 is 0 Å². The van der Waals surface area contributed by atoms with Crippen molar-refractivity contribution in [1.29, 1.82) is 0 Å². The van der Waals surface area contributed by atoms with Crippen LogP contribution in [-0.4, -0.2) is 389 Å². The third-order valence-corrected chi connectivity index (χ3v) is 17.5. The Balaban J connectivity index is 1.07. The molecule has 0 radical (unpaired) electrons. The largest absolute Gasteiger partial charge is 0.472 e. The first kappa shape index (κ1) is 75.1. The second kappa shape index (κ2) is 33.1. The molecule has 0 spiro atoms. The van der Waals surface area contributed by atoms with E-state index in [1.807, 2.05) is 6.92 Å². The number of aliphatic hydroxyl groups is 23. The number of unbranched alkanes of at least 4 members (excludes halogenated alkanes) is 4. The van der Waals surface area contributed by atoms with Crippen molar-refractivity contribution in [3.63, 3.8) is 0 Å². The number of rotatable bonds is 27. The molecule has 0 aromatic rings. The van der Waals surface area contributed by atoms with Crippen LogP contribution >= 0.6 is 7.82 Å². The minimum Gasteiger partial charge on any atom is -0.394 e. The van der Waals surface area contributed by atoms with Gasteiger partial charge in [0.05, 0.1) is 46.2 Å². The Kier molecular flexibility index (Phi) is 27.9. The molecule has 0 aromatic heterocycles. The van der Waals surface area contributed by atoms with E-state index in [0.717, 1.165) is 19.3 Å².